The molecule has 0 radical (unpaired) electrons. The van der Waals surface area contributed by atoms with Crippen LogP contribution in [0.1, 0.15) is 5.56 Å². The lowest BCUT2D eigenvalue weighted by Crippen LogP contribution is -2.06. The summed E-state index contributed by atoms with van der Waals surface area (Å²) >= 11 is 0. The van der Waals surface area contributed by atoms with E-state index in [1.807, 2.05) is 6.07 Å². The molecule has 15 heavy (non-hydrogen) atoms. The summed E-state index contributed by atoms with van der Waals surface area (Å²) in [7, 11) is 1.53. The van der Waals surface area contributed by atoms with E-state index in [-0.39, 0.29) is 5.56 Å². The first-order valence-corrected chi connectivity index (χ1v) is 4.36. The summed E-state index contributed by atoms with van der Waals surface area (Å²) in [6, 6.07) is 7.08. The topological polar surface area (TPSA) is 65.9 Å². The predicted octanol–water partition coefficient (Wildman–Crippen LogP) is 1.41. The molecule has 0 spiro atoms. The maximum atomic E-state index is 11.5. The highest BCUT2D eigenvalue weighted by Gasteiger charge is 2.05. The number of aromatic amines is 1. The molecular formula is C11H8N2O2. The molecule has 0 unspecified atom stereocenters. The molecule has 0 aliphatic rings. The first-order chi connectivity index (χ1) is 7.26. The molecule has 1 N–H and O–H groups in total. The van der Waals surface area contributed by atoms with Crippen LogP contribution in [-0.4, -0.2) is 12.1 Å². The highest BCUT2D eigenvalue weighted by Crippen LogP contribution is 2.19. The normalized spacial score (nSPS) is 9.87. The van der Waals surface area contributed by atoms with Gasteiger partial charge in [0.2, 0.25) is 0 Å². The van der Waals surface area contributed by atoms with E-state index in [2.05, 4.69) is 4.98 Å². The number of hydrogen-bond acceptors (Lipinski definition) is 3. The summed E-state index contributed by atoms with van der Waals surface area (Å²) in [5.41, 5.74) is 0.232. The molecule has 0 saturated heterocycles. The molecule has 2 aromatic rings. The van der Waals surface area contributed by atoms with Crippen molar-refractivity contribution in [2.75, 3.05) is 7.11 Å². The highest BCUT2D eigenvalue weighted by atomic mass is 16.5. The number of H-pyrrole nitrogens is 1. The van der Waals surface area contributed by atoms with E-state index >= 15 is 0 Å². The minimum atomic E-state index is -0.220. The molecule has 4 heteroatoms. The molecule has 0 saturated carbocycles. The van der Waals surface area contributed by atoms with Gasteiger partial charge in [-0.15, -0.1) is 0 Å². The Hall–Kier alpha value is -2.28. The van der Waals surface area contributed by atoms with E-state index in [0.717, 1.165) is 0 Å². The van der Waals surface area contributed by atoms with Crippen LogP contribution in [0.25, 0.3) is 10.8 Å². The number of benzene rings is 1. The van der Waals surface area contributed by atoms with Crippen LogP contribution >= 0.6 is 0 Å². The monoisotopic (exact) mass is 200 g/mol. The molecule has 0 aliphatic carbocycles. The summed E-state index contributed by atoms with van der Waals surface area (Å²) < 4.78 is 5.02. The number of fused-ring (bicyclic) bond motifs is 1. The molecular weight excluding hydrogens is 192 g/mol. The number of ether oxygens (including phenoxy) is 1. The lowest BCUT2D eigenvalue weighted by molar-refractivity contribution is 0.415. The van der Waals surface area contributed by atoms with E-state index in [1.165, 1.54) is 13.3 Å². The largest absolute Gasteiger partial charge is 0.497 e. The third kappa shape index (κ3) is 1.44. The fraction of sp³-hybridized carbons (Fsp3) is 0.0909. The van der Waals surface area contributed by atoms with Gasteiger partial charge in [-0.1, -0.05) is 0 Å². The number of nitrogens with zero attached hydrogens (tertiary/aromatic N) is 1. The average Bonchev–Trinajstić information content (AvgIpc) is 2.29. The molecule has 0 bridgehead atoms. The van der Waals surface area contributed by atoms with Crippen molar-refractivity contribution in [1.82, 2.24) is 4.98 Å². The van der Waals surface area contributed by atoms with Gasteiger partial charge in [0.25, 0.3) is 5.56 Å². The van der Waals surface area contributed by atoms with Crippen LogP contribution in [0.2, 0.25) is 0 Å². The van der Waals surface area contributed by atoms with Gasteiger partial charge < -0.3 is 9.72 Å². The smallest absolute Gasteiger partial charge is 0.256 e. The Balaban J connectivity index is 2.89. The Morgan fingerprint density at radius 1 is 1.40 bits per heavy atom. The molecule has 0 amide bonds. The summed E-state index contributed by atoms with van der Waals surface area (Å²) in [6.45, 7) is 0. The summed E-state index contributed by atoms with van der Waals surface area (Å²) in [5.74, 6) is 0.600. The Bertz CT molecular complexity index is 608. The van der Waals surface area contributed by atoms with Crippen LogP contribution in [-0.2, 0) is 0 Å². The van der Waals surface area contributed by atoms with Crippen LogP contribution in [0.15, 0.2) is 29.2 Å². The van der Waals surface area contributed by atoms with Crippen molar-refractivity contribution in [2.24, 2.45) is 0 Å². The zero-order valence-corrected chi connectivity index (χ0v) is 8.07. The van der Waals surface area contributed by atoms with E-state index in [1.54, 1.807) is 18.2 Å². The number of nitrogens with one attached hydrogen (secondary N) is 1. The van der Waals surface area contributed by atoms with Gasteiger partial charge in [0.1, 0.15) is 11.8 Å². The van der Waals surface area contributed by atoms with Crippen LogP contribution in [0.3, 0.4) is 0 Å². The molecule has 1 heterocycles. The van der Waals surface area contributed by atoms with Crippen LogP contribution in [0, 0.1) is 11.3 Å². The fourth-order valence-electron chi connectivity index (χ4n) is 1.46. The van der Waals surface area contributed by atoms with Gasteiger partial charge in [-0.2, -0.15) is 5.26 Å². The van der Waals surface area contributed by atoms with E-state index < -0.39 is 0 Å². The number of hydrogen-bond donors (Lipinski definition) is 1. The maximum Gasteiger partial charge on any atom is 0.256 e. The van der Waals surface area contributed by atoms with Gasteiger partial charge >= 0.3 is 0 Å². The second-order valence-electron chi connectivity index (χ2n) is 3.05. The lowest BCUT2D eigenvalue weighted by Gasteiger charge is -2.02. The first kappa shape index (κ1) is 9.28. The van der Waals surface area contributed by atoms with Gasteiger partial charge in [0, 0.05) is 11.6 Å². The van der Waals surface area contributed by atoms with Crippen LogP contribution < -0.4 is 10.3 Å². The highest BCUT2D eigenvalue weighted by molar-refractivity contribution is 5.87. The molecule has 2 rings (SSSR count). The fourth-order valence-corrected chi connectivity index (χ4v) is 1.46. The first-order valence-electron chi connectivity index (χ1n) is 4.36. The SMILES string of the molecule is COc1ccc2c(C#N)c[nH]c(=O)c2c1. The van der Waals surface area contributed by atoms with E-state index in [0.29, 0.717) is 22.1 Å². The summed E-state index contributed by atoms with van der Waals surface area (Å²) in [6.07, 6.45) is 1.41. The maximum absolute atomic E-state index is 11.5. The second kappa shape index (κ2) is 3.46. The minimum absolute atomic E-state index is 0.220. The number of aromatic nitrogens is 1. The average molecular weight is 200 g/mol. The quantitative estimate of drug-likeness (QED) is 0.756. The van der Waals surface area contributed by atoms with Crippen molar-refractivity contribution in [3.8, 4) is 11.8 Å². The van der Waals surface area contributed by atoms with Gasteiger partial charge in [-0.3, -0.25) is 4.79 Å². The number of nitriles is 1. The summed E-state index contributed by atoms with van der Waals surface area (Å²) in [4.78, 5) is 14.0. The minimum Gasteiger partial charge on any atom is -0.497 e. The zero-order chi connectivity index (χ0) is 10.8. The number of rotatable bonds is 1. The Morgan fingerprint density at radius 2 is 2.20 bits per heavy atom. The van der Waals surface area contributed by atoms with Crippen molar-refractivity contribution < 1.29 is 4.74 Å². The molecule has 74 valence electrons. The third-order valence-corrected chi connectivity index (χ3v) is 2.23. The molecule has 0 fully saturated rings. The van der Waals surface area contributed by atoms with Gasteiger partial charge in [0.05, 0.1) is 18.1 Å². The zero-order valence-electron chi connectivity index (χ0n) is 8.07. The lowest BCUT2D eigenvalue weighted by atomic mass is 10.1. The van der Waals surface area contributed by atoms with Gasteiger partial charge in [-0.25, -0.2) is 0 Å². The molecule has 1 aromatic heterocycles. The molecule has 0 aliphatic heterocycles. The number of methoxy groups -OCH3 is 1. The predicted molar refractivity (Wildman–Crippen MR) is 55.8 cm³/mol. The van der Waals surface area contributed by atoms with E-state index in [4.69, 9.17) is 10.00 Å². The standard InChI is InChI=1S/C11H8N2O2/c1-15-8-2-3-9-7(5-12)6-13-11(14)10(9)4-8/h2-4,6H,1H3,(H,13,14). The van der Waals surface area contributed by atoms with Crippen molar-refractivity contribution in [3.63, 3.8) is 0 Å². The van der Waals surface area contributed by atoms with Gasteiger partial charge in [-0.05, 0) is 18.2 Å². The molecule has 4 nitrogen and oxygen atoms in total. The Kier molecular flexibility index (Phi) is 2.14. The Labute approximate surface area is 85.7 Å². The van der Waals surface area contributed by atoms with Crippen molar-refractivity contribution in [1.29, 1.82) is 5.26 Å². The van der Waals surface area contributed by atoms with Crippen molar-refractivity contribution in [3.05, 3.63) is 40.3 Å². The number of pyridine rings is 1. The van der Waals surface area contributed by atoms with Crippen LogP contribution in [0.5, 0.6) is 5.75 Å². The van der Waals surface area contributed by atoms with Gasteiger partial charge in [0.15, 0.2) is 0 Å². The molecule has 1 aromatic carbocycles. The third-order valence-electron chi connectivity index (χ3n) is 2.23. The molecule has 0 atom stereocenters. The second-order valence-corrected chi connectivity index (χ2v) is 3.05. The summed E-state index contributed by atoms with van der Waals surface area (Å²) in [5, 5.41) is 9.96. The van der Waals surface area contributed by atoms with Crippen LogP contribution in [0.4, 0.5) is 0 Å². The Morgan fingerprint density at radius 3 is 2.87 bits per heavy atom. The van der Waals surface area contributed by atoms with E-state index in [9.17, 15) is 4.79 Å². The van der Waals surface area contributed by atoms with Crippen molar-refractivity contribution >= 4 is 10.8 Å². The van der Waals surface area contributed by atoms with Crippen molar-refractivity contribution in [2.45, 2.75) is 0 Å².